The standard InChI is InChI=1S/C14H28N2O2/c1-4-13(14(17)18)16-7-5-6-12(10-16)9-15-8-11(2)3/h11-13,15H,4-10H2,1-3H3,(H,17,18). The van der Waals surface area contributed by atoms with Crippen molar-refractivity contribution in [3.63, 3.8) is 0 Å². The third-order valence-electron chi connectivity index (χ3n) is 3.65. The Bertz CT molecular complexity index is 256. The van der Waals surface area contributed by atoms with Crippen LogP contribution < -0.4 is 5.32 Å². The van der Waals surface area contributed by atoms with Crippen LogP contribution in [0.3, 0.4) is 0 Å². The molecule has 4 heteroatoms. The molecule has 0 saturated carbocycles. The molecular formula is C14H28N2O2. The number of nitrogens with one attached hydrogen (secondary N) is 1. The van der Waals surface area contributed by atoms with Crippen LogP contribution in [0.2, 0.25) is 0 Å². The normalized spacial score (nSPS) is 23.2. The molecule has 1 rings (SSSR count). The fraction of sp³-hybridized carbons (Fsp3) is 0.929. The number of nitrogens with zero attached hydrogens (tertiary/aromatic N) is 1. The molecule has 0 bridgehead atoms. The lowest BCUT2D eigenvalue weighted by atomic mass is 9.96. The molecule has 1 fully saturated rings. The van der Waals surface area contributed by atoms with Crippen molar-refractivity contribution in [2.24, 2.45) is 11.8 Å². The van der Waals surface area contributed by atoms with Crippen LogP contribution in [0.1, 0.15) is 40.0 Å². The molecule has 0 aromatic carbocycles. The maximum Gasteiger partial charge on any atom is 0.320 e. The molecule has 0 radical (unpaired) electrons. The van der Waals surface area contributed by atoms with E-state index in [1.54, 1.807) is 0 Å². The summed E-state index contributed by atoms with van der Waals surface area (Å²) in [6.07, 6.45) is 3.04. The van der Waals surface area contributed by atoms with Crippen molar-refractivity contribution in [3.8, 4) is 0 Å². The smallest absolute Gasteiger partial charge is 0.320 e. The molecule has 1 aliphatic heterocycles. The lowest BCUT2D eigenvalue weighted by molar-refractivity contribution is -0.144. The van der Waals surface area contributed by atoms with E-state index in [9.17, 15) is 9.90 Å². The van der Waals surface area contributed by atoms with Gasteiger partial charge < -0.3 is 10.4 Å². The average Bonchev–Trinajstić information content (AvgIpc) is 2.29. The van der Waals surface area contributed by atoms with Crippen LogP contribution in [0.4, 0.5) is 0 Å². The van der Waals surface area contributed by atoms with Crippen LogP contribution in [-0.2, 0) is 4.79 Å². The molecule has 0 aromatic heterocycles. The van der Waals surface area contributed by atoms with Gasteiger partial charge in [0, 0.05) is 6.54 Å². The maximum absolute atomic E-state index is 11.2. The average molecular weight is 256 g/mol. The van der Waals surface area contributed by atoms with E-state index < -0.39 is 5.97 Å². The van der Waals surface area contributed by atoms with Crippen molar-refractivity contribution in [2.75, 3.05) is 26.2 Å². The fourth-order valence-electron chi connectivity index (χ4n) is 2.71. The van der Waals surface area contributed by atoms with Gasteiger partial charge in [0.05, 0.1) is 0 Å². The predicted octanol–water partition coefficient (Wildman–Crippen LogP) is 1.81. The summed E-state index contributed by atoms with van der Waals surface area (Å²) < 4.78 is 0. The number of likely N-dealkylation sites (tertiary alicyclic amines) is 1. The Morgan fingerprint density at radius 1 is 1.50 bits per heavy atom. The lowest BCUT2D eigenvalue weighted by Crippen LogP contribution is -2.48. The molecule has 2 N–H and O–H groups in total. The number of aliphatic carboxylic acids is 1. The zero-order valence-electron chi connectivity index (χ0n) is 12.0. The topological polar surface area (TPSA) is 52.6 Å². The highest BCUT2D eigenvalue weighted by atomic mass is 16.4. The molecule has 0 amide bonds. The Morgan fingerprint density at radius 2 is 2.22 bits per heavy atom. The summed E-state index contributed by atoms with van der Waals surface area (Å²) >= 11 is 0. The Kier molecular flexibility index (Phi) is 6.65. The van der Waals surface area contributed by atoms with Gasteiger partial charge in [-0.25, -0.2) is 0 Å². The Morgan fingerprint density at radius 3 is 2.78 bits per heavy atom. The number of piperidine rings is 1. The fourth-order valence-corrected chi connectivity index (χ4v) is 2.71. The van der Waals surface area contributed by atoms with Gasteiger partial charge in [0.25, 0.3) is 0 Å². The van der Waals surface area contributed by atoms with Crippen LogP contribution in [0.15, 0.2) is 0 Å². The van der Waals surface area contributed by atoms with Gasteiger partial charge in [0.2, 0.25) is 0 Å². The third kappa shape index (κ3) is 4.94. The van der Waals surface area contributed by atoms with Crippen LogP contribution in [0, 0.1) is 11.8 Å². The summed E-state index contributed by atoms with van der Waals surface area (Å²) in [7, 11) is 0. The van der Waals surface area contributed by atoms with Crippen molar-refractivity contribution >= 4 is 5.97 Å². The molecule has 0 aliphatic carbocycles. The van der Waals surface area contributed by atoms with E-state index in [2.05, 4.69) is 24.1 Å². The molecular weight excluding hydrogens is 228 g/mol. The highest BCUT2D eigenvalue weighted by Crippen LogP contribution is 2.19. The first-order valence-electron chi connectivity index (χ1n) is 7.22. The zero-order chi connectivity index (χ0) is 13.5. The first kappa shape index (κ1) is 15.4. The molecule has 1 saturated heterocycles. The van der Waals surface area contributed by atoms with Crippen LogP contribution >= 0.6 is 0 Å². The lowest BCUT2D eigenvalue weighted by Gasteiger charge is -2.36. The van der Waals surface area contributed by atoms with Crippen molar-refractivity contribution in [2.45, 2.75) is 46.1 Å². The number of hydrogen-bond acceptors (Lipinski definition) is 3. The summed E-state index contributed by atoms with van der Waals surface area (Å²) in [4.78, 5) is 13.3. The minimum atomic E-state index is -0.673. The van der Waals surface area contributed by atoms with Crippen LogP contribution in [-0.4, -0.2) is 48.2 Å². The minimum absolute atomic E-state index is 0.294. The van der Waals surface area contributed by atoms with Crippen molar-refractivity contribution in [1.82, 2.24) is 10.2 Å². The van der Waals surface area contributed by atoms with E-state index in [1.807, 2.05) is 6.92 Å². The summed E-state index contributed by atoms with van der Waals surface area (Å²) in [6, 6.07) is -0.294. The highest BCUT2D eigenvalue weighted by Gasteiger charge is 2.28. The van der Waals surface area contributed by atoms with Gasteiger partial charge in [-0.05, 0) is 50.7 Å². The van der Waals surface area contributed by atoms with Gasteiger partial charge >= 0.3 is 5.97 Å². The number of hydrogen-bond donors (Lipinski definition) is 2. The largest absolute Gasteiger partial charge is 0.480 e. The Balaban J connectivity index is 2.38. The van der Waals surface area contributed by atoms with Crippen molar-refractivity contribution in [3.05, 3.63) is 0 Å². The highest BCUT2D eigenvalue weighted by molar-refractivity contribution is 5.73. The zero-order valence-corrected chi connectivity index (χ0v) is 12.0. The summed E-state index contributed by atoms with van der Waals surface area (Å²) in [5, 5.41) is 12.7. The SMILES string of the molecule is CCC(C(=O)O)N1CCCC(CNCC(C)C)C1. The number of rotatable bonds is 7. The van der Waals surface area contributed by atoms with Gasteiger partial charge in [-0.2, -0.15) is 0 Å². The number of carbonyl (C=O) groups is 1. The third-order valence-corrected chi connectivity index (χ3v) is 3.65. The summed E-state index contributed by atoms with van der Waals surface area (Å²) in [6.45, 7) is 10.3. The molecule has 1 heterocycles. The first-order chi connectivity index (χ1) is 8.54. The number of carboxylic acid groups (broad SMARTS) is 1. The molecule has 1 aliphatic rings. The van der Waals surface area contributed by atoms with Crippen LogP contribution in [0.25, 0.3) is 0 Å². The van der Waals surface area contributed by atoms with Crippen molar-refractivity contribution in [1.29, 1.82) is 0 Å². The molecule has 106 valence electrons. The van der Waals surface area contributed by atoms with E-state index in [1.165, 1.54) is 6.42 Å². The second-order valence-corrected chi connectivity index (χ2v) is 5.82. The molecule has 4 nitrogen and oxygen atoms in total. The second-order valence-electron chi connectivity index (χ2n) is 5.82. The van der Waals surface area contributed by atoms with Gasteiger partial charge in [0.1, 0.15) is 6.04 Å². The molecule has 0 aromatic rings. The van der Waals surface area contributed by atoms with E-state index in [0.717, 1.165) is 32.6 Å². The van der Waals surface area contributed by atoms with E-state index >= 15 is 0 Å². The van der Waals surface area contributed by atoms with Gasteiger partial charge in [-0.3, -0.25) is 9.69 Å². The molecule has 2 atom stereocenters. The molecule has 18 heavy (non-hydrogen) atoms. The molecule has 0 spiro atoms. The Hall–Kier alpha value is -0.610. The van der Waals surface area contributed by atoms with E-state index in [-0.39, 0.29) is 6.04 Å². The monoisotopic (exact) mass is 256 g/mol. The van der Waals surface area contributed by atoms with Crippen molar-refractivity contribution < 1.29 is 9.90 Å². The van der Waals surface area contributed by atoms with Gasteiger partial charge in [-0.1, -0.05) is 20.8 Å². The van der Waals surface area contributed by atoms with Crippen LogP contribution in [0.5, 0.6) is 0 Å². The maximum atomic E-state index is 11.2. The first-order valence-corrected chi connectivity index (χ1v) is 7.22. The second kappa shape index (κ2) is 7.74. The minimum Gasteiger partial charge on any atom is -0.480 e. The number of carboxylic acids is 1. The van der Waals surface area contributed by atoms with E-state index in [4.69, 9.17) is 0 Å². The quantitative estimate of drug-likeness (QED) is 0.729. The van der Waals surface area contributed by atoms with Gasteiger partial charge in [-0.15, -0.1) is 0 Å². The molecule has 2 unspecified atom stereocenters. The predicted molar refractivity (Wildman–Crippen MR) is 73.7 cm³/mol. The van der Waals surface area contributed by atoms with E-state index in [0.29, 0.717) is 18.3 Å². The van der Waals surface area contributed by atoms with Gasteiger partial charge in [0.15, 0.2) is 0 Å². The summed E-state index contributed by atoms with van der Waals surface area (Å²) in [5.41, 5.74) is 0. The summed E-state index contributed by atoms with van der Waals surface area (Å²) in [5.74, 6) is 0.603. The Labute approximate surface area is 111 Å².